The molecule has 0 saturated carbocycles. The van der Waals surface area contributed by atoms with Crippen molar-refractivity contribution in [2.45, 2.75) is 12.8 Å². The highest BCUT2D eigenvalue weighted by atomic mass is 32.1. The molecule has 2 aliphatic rings. The summed E-state index contributed by atoms with van der Waals surface area (Å²) in [6, 6.07) is 8.32. The van der Waals surface area contributed by atoms with E-state index < -0.39 is 0 Å². The van der Waals surface area contributed by atoms with Gasteiger partial charge in [-0.1, -0.05) is 29.5 Å². The minimum atomic E-state index is -0.155. The number of anilines is 2. The summed E-state index contributed by atoms with van der Waals surface area (Å²) >= 11 is 1.31. The Kier molecular flexibility index (Phi) is 4.21. The van der Waals surface area contributed by atoms with Crippen molar-refractivity contribution in [1.82, 2.24) is 20.3 Å². The van der Waals surface area contributed by atoms with E-state index >= 15 is 0 Å². The Bertz CT molecular complexity index is 999. The van der Waals surface area contributed by atoms with Gasteiger partial charge in [0.05, 0.1) is 6.61 Å². The molecule has 27 heavy (non-hydrogen) atoms. The van der Waals surface area contributed by atoms with Gasteiger partial charge in [0.2, 0.25) is 0 Å². The van der Waals surface area contributed by atoms with Crippen molar-refractivity contribution in [2.75, 3.05) is 31.2 Å². The summed E-state index contributed by atoms with van der Waals surface area (Å²) in [5.74, 6) is 1.00. The summed E-state index contributed by atoms with van der Waals surface area (Å²) in [4.78, 5) is 28.8. The summed E-state index contributed by atoms with van der Waals surface area (Å²) in [5, 5.41) is 3.40. The molecule has 2 aromatic heterocycles. The van der Waals surface area contributed by atoms with E-state index in [1.54, 1.807) is 6.33 Å². The van der Waals surface area contributed by atoms with E-state index in [4.69, 9.17) is 4.74 Å². The molecule has 4 heterocycles. The van der Waals surface area contributed by atoms with E-state index in [1.807, 2.05) is 6.07 Å². The molecule has 138 valence electrons. The van der Waals surface area contributed by atoms with Gasteiger partial charge in [0.25, 0.3) is 5.91 Å². The SMILES string of the molecule is O=C(NCC1CCOC1)c1nc2c(N3CCc4ccccc43)ncnc2s1. The quantitative estimate of drug-likeness (QED) is 0.748. The molecule has 1 fully saturated rings. The first-order chi connectivity index (χ1) is 13.3. The van der Waals surface area contributed by atoms with Crippen LogP contribution in [0.1, 0.15) is 21.8 Å². The second-order valence-corrected chi connectivity index (χ2v) is 7.82. The zero-order valence-corrected chi connectivity index (χ0v) is 15.5. The van der Waals surface area contributed by atoms with Crippen LogP contribution in [-0.4, -0.2) is 47.2 Å². The predicted octanol–water partition coefficient (Wildman–Crippen LogP) is 2.55. The second kappa shape index (κ2) is 6.86. The molecule has 0 radical (unpaired) electrons. The number of amides is 1. The Labute approximate surface area is 160 Å². The zero-order valence-electron chi connectivity index (χ0n) is 14.7. The van der Waals surface area contributed by atoms with Gasteiger partial charge in [-0.25, -0.2) is 15.0 Å². The van der Waals surface area contributed by atoms with Crippen molar-refractivity contribution < 1.29 is 9.53 Å². The number of rotatable bonds is 4. The zero-order chi connectivity index (χ0) is 18.2. The number of nitrogens with zero attached hydrogens (tertiary/aromatic N) is 4. The third-order valence-corrected chi connectivity index (χ3v) is 6.05. The van der Waals surface area contributed by atoms with Gasteiger partial charge in [0.15, 0.2) is 10.8 Å². The molecule has 1 unspecified atom stereocenters. The van der Waals surface area contributed by atoms with Crippen LogP contribution in [0.3, 0.4) is 0 Å². The highest BCUT2D eigenvalue weighted by molar-refractivity contribution is 7.19. The van der Waals surface area contributed by atoms with E-state index in [-0.39, 0.29) is 5.91 Å². The number of para-hydroxylation sites is 1. The van der Waals surface area contributed by atoms with Gasteiger partial charge in [-0.05, 0) is 24.5 Å². The fourth-order valence-corrected chi connectivity index (χ4v) is 4.47. The van der Waals surface area contributed by atoms with E-state index in [2.05, 4.69) is 43.4 Å². The standard InChI is InChI=1S/C19H19N5O2S/c25-17(20-9-12-6-8-26-10-12)19-23-15-16(21-11-22-18(15)27-19)24-7-5-13-3-1-2-4-14(13)24/h1-4,11-12H,5-10H2,(H,20,25). The molecule has 0 aliphatic carbocycles. The average molecular weight is 381 g/mol. The molecule has 5 rings (SSSR count). The van der Waals surface area contributed by atoms with E-state index in [0.717, 1.165) is 42.3 Å². The molecule has 8 heteroatoms. The maximum atomic E-state index is 12.5. The van der Waals surface area contributed by atoms with Crippen molar-refractivity contribution in [3.8, 4) is 0 Å². The monoisotopic (exact) mass is 381 g/mol. The number of ether oxygens (including phenoxy) is 1. The van der Waals surface area contributed by atoms with Gasteiger partial charge >= 0.3 is 0 Å². The largest absolute Gasteiger partial charge is 0.381 e. The van der Waals surface area contributed by atoms with Crippen LogP contribution in [0, 0.1) is 5.92 Å². The maximum Gasteiger partial charge on any atom is 0.280 e. The van der Waals surface area contributed by atoms with Crippen LogP contribution in [0.25, 0.3) is 10.3 Å². The topological polar surface area (TPSA) is 80.2 Å². The van der Waals surface area contributed by atoms with Crippen molar-refractivity contribution in [1.29, 1.82) is 0 Å². The third kappa shape index (κ3) is 3.04. The molecule has 1 atom stereocenters. The number of aromatic nitrogens is 3. The Morgan fingerprint density at radius 2 is 2.26 bits per heavy atom. The van der Waals surface area contributed by atoms with Gasteiger partial charge in [-0.2, -0.15) is 0 Å². The first-order valence-electron chi connectivity index (χ1n) is 9.12. The van der Waals surface area contributed by atoms with Crippen LogP contribution in [-0.2, 0) is 11.2 Å². The lowest BCUT2D eigenvalue weighted by atomic mass is 10.1. The van der Waals surface area contributed by atoms with Gasteiger partial charge < -0.3 is 15.0 Å². The van der Waals surface area contributed by atoms with E-state index in [9.17, 15) is 4.79 Å². The number of hydrogen-bond donors (Lipinski definition) is 1. The molecule has 1 amide bonds. The molecule has 0 spiro atoms. The van der Waals surface area contributed by atoms with Crippen molar-refractivity contribution in [3.05, 3.63) is 41.2 Å². The molecular weight excluding hydrogens is 362 g/mol. The Hall–Kier alpha value is -2.58. The van der Waals surface area contributed by atoms with E-state index in [1.165, 1.54) is 16.9 Å². The number of hydrogen-bond acceptors (Lipinski definition) is 7. The van der Waals surface area contributed by atoms with Gasteiger partial charge in [-0.15, -0.1) is 0 Å². The molecule has 2 aliphatic heterocycles. The predicted molar refractivity (Wildman–Crippen MR) is 104 cm³/mol. The van der Waals surface area contributed by atoms with Crippen LogP contribution in [0.2, 0.25) is 0 Å². The summed E-state index contributed by atoms with van der Waals surface area (Å²) in [7, 11) is 0. The fraction of sp³-hybridized carbons (Fsp3) is 0.368. The minimum Gasteiger partial charge on any atom is -0.381 e. The summed E-state index contributed by atoms with van der Waals surface area (Å²) in [6.07, 6.45) is 3.51. The van der Waals surface area contributed by atoms with Gasteiger partial charge in [0.1, 0.15) is 16.7 Å². The summed E-state index contributed by atoms with van der Waals surface area (Å²) < 4.78 is 5.36. The maximum absolute atomic E-state index is 12.5. The first-order valence-corrected chi connectivity index (χ1v) is 9.94. The fourth-order valence-electron chi connectivity index (χ4n) is 3.65. The van der Waals surface area contributed by atoms with Crippen LogP contribution in [0.5, 0.6) is 0 Å². The molecule has 1 saturated heterocycles. The molecule has 3 aromatic rings. The van der Waals surface area contributed by atoms with E-state index in [0.29, 0.717) is 29.6 Å². The smallest absolute Gasteiger partial charge is 0.280 e. The highest BCUT2D eigenvalue weighted by Crippen LogP contribution is 2.37. The molecule has 1 aromatic carbocycles. The van der Waals surface area contributed by atoms with Crippen molar-refractivity contribution >= 4 is 39.1 Å². The highest BCUT2D eigenvalue weighted by Gasteiger charge is 2.25. The van der Waals surface area contributed by atoms with Crippen molar-refractivity contribution in [2.24, 2.45) is 5.92 Å². The Morgan fingerprint density at radius 1 is 1.33 bits per heavy atom. The molecule has 7 nitrogen and oxygen atoms in total. The first kappa shape index (κ1) is 16.6. The number of nitrogens with one attached hydrogen (secondary N) is 1. The normalized spacial score (nSPS) is 18.8. The molecule has 0 bridgehead atoms. The van der Waals surface area contributed by atoms with Crippen molar-refractivity contribution in [3.63, 3.8) is 0 Å². The third-order valence-electron chi connectivity index (χ3n) is 5.09. The van der Waals surface area contributed by atoms with Crippen LogP contribution in [0.15, 0.2) is 30.6 Å². The average Bonchev–Trinajstić information content (AvgIpc) is 3.44. The molecule has 1 N–H and O–H groups in total. The lowest BCUT2D eigenvalue weighted by Crippen LogP contribution is -2.29. The number of fused-ring (bicyclic) bond motifs is 2. The number of carbonyl (C=O) groups is 1. The second-order valence-electron chi connectivity index (χ2n) is 6.84. The Morgan fingerprint density at radius 3 is 3.15 bits per heavy atom. The Balaban J connectivity index is 1.43. The number of carbonyl (C=O) groups excluding carboxylic acids is 1. The van der Waals surface area contributed by atoms with Gasteiger partial charge in [0, 0.05) is 31.3 Å². The lowest BCUT2D eigenvalue weighted by molar-refractivity contribution is 0.0945. The number of thiazole rings is 1. The van der Waals surface area contributed by atoms with Gasteiger partial charge in [-0.3, -0.25) is 4.79 Å². The van der Waals surface area contributed by atoms with Crippen LogP contribution >= 0.6 is 11.3 Å². The molecular formula is C19H19N5O2S. The number of benzene rings is 1. The van der Waals surface area contributed by atoms with Crippen LogP contribution < -0.4 is 10.2 Å². The lowest BCUT2D eigenvalue weighted by Gasteiger charge is -2.18. The van der Waals surface area contributed by atoms with Crippen LogP contribution in [0.4, 0.5) is 11.5 Å². The minimum absolute atomic E-state index is 0.155. The summed E-state index contributed by atoms with van der Waals surface area (Å²) in [5.41, 5.74) is 3.14. The summed E-state index contributed by atoms with van der Waals surface area (Å²) in [6.45, 7) is 2.96.